The molecular formula is C12H17NO2. The van der Waals surface area contributed by atoms with E-state index in [9.17, 15) is 9.90 Å². The van der Waals surface area contributed by atoms with Crippen LogP contribution in [0.1, 0.15) is 35.3 Å². The number of amides is 1. The molecule has 1 amide bonds. The number of aryl methyl sites for hydroxylation is 2. The maximum atomic E-state index is 11.6. The van der Waals surface area contributed by atoms with Gasteiger partial charge in [-0.15, -0.1) is 0 Å². The first-order valence-corrected chi connectivity index (χ1v) is 5.20. The zero-order chi connectivity index (χ0) is 11.4. The fourth-order valence-electron chi connectivity index (χ4n) is 1.55. The second-order valence-electron chi connectivity index (χ2n) is 3.53. The Balaban J connectivity index is 3.17. The minimum Gasteiger partial charge on any atom is -0.507 e. The summed E-state index contributed by atoms with van der Waals surface area (Å²) in [7, 11) is 0. The second kappa shape index (κ2) is 4.82. The molecule has 0 aliphatic rings. The summed E-state index contributed by atoms with van der Waals surface area (Å²) in [6.45, 7) is 6.29. The van der Waals surface area contributed by atoms with Gasteiger partial charge in [0.2, 0.25) is 0 Å². The van der Waals surface area contributed by atoms with Gasteiger partial charge >= 0.3 is 0 Å². The molecule has 0 radical (unpaired) electrons. The minimum atomic E-state index is -0.214. The summed E-state index contributed by atoms with van der Waals surface area (Å²) in [5.74, 6) is -0.109. The van der Waals surface area contributed by atoms with Gasteiger partial charge in [-0.05, 0) is 37.5 Å². The van der Waals surface area contributed by atoms with E-state index in [0.29, 0.717) is 12.1 Å². The van der Waals surface area contributed by atoms with Gasteiger partial charge in [-0.2, -0.15) is 0 Å². The predicted octanol–water partition coefficient (Wildman–Crippen LogP) is 2.01. The Hall–Kier alpha value is -1.51. The average molecular weight is 207 g/mol. The smallest absolute Gasteiger partial charge is 0.255 e. The third kappa shape index (κ3) is 2.49. The summed E-state index contributed by atoms with van der Waals surface area (Å²) >= 11 is 0. The van der Waals surface area contributed by atoms with Crippen molar-refractivity contribution in [1.29, 1.82) is 0 Å². The van der Waals surface area contributed by atoms with E-state index in [4.69, 9.17) is 0 Å². The lowest BCUT2D eigenvalue weighted by Crippen LogP contribution is -2.23. The number of nitrogens with one attached hydrogen (secondary N) is 1. The Morgan fingerprint density at radius 1 is 1.40 bits per heavy atom. The molecular weight excluding hydrogens is 190 g/mol. The molecule has 3 heteroatoms. The molecule has 1 aromatic carbocycles. The summed E-state index contributed by atoms with van der Waals surface area (Å²) in [6, 6.07) is 3.61. The highest BCUT2D eigenvalue weighted by atomic mass is 16.3. The summed E-state index contributed by atoms with van der Waals surface area (Å²) < 4.78 is 0. The van der Waals surface area contributed by atoms with E-state index in [1.165, 1.54) is 0 Å². The lowest BCUT2D eigenvalue weighted by atomic mass is 10.0. The van der Waals surface area contributed by atoms with Crippen molar-refractivity contribution in [3.63, 3.8) is 0 Å². The van der Waals surface area contributed by atoms with E-state index in [1.807, 2.05) is 26.8 Å². The fraction of sp³-hybridized carbons (Fsp3) is 0.417. The van der Waals surface area contributed by atoms with Gasteiger partial charge in [-0.25, -0.2) is 0 Å². The fourth-order valence-corrected chi connectivity index (χ4v) is 1.55. The molecule has 0 aliphatic heterocycles. The Morgan fingerprint density at radius 2 is 2.07 bits per heavy atom. The summed E-state index contributed by atoms with van der Waals surface area (Å²) in [6.07, 6.45) is 0.722. The highest BCUT2D eigenvalue weighted by molar-refractivity contribution is 5.97. The normalized spacial score (nSPS) is 10.1. The lowest BCUT2D eigenvalue weighted by Gasteiger charge is -2.09. The van der Waals surface area contributed by atoms with Crippen molar-refractivity contribution in [3.05, 3.63) is 28.8 Å². The van der Waals surface area contributed by atoms with E-state index >= 15 is 0 Å². The number of carbonyl (C=O) groups excluding carboxylic acids is 1. The molecule has 0 saturated heterocycles. The van der Waals surface area contributed by atoms with Crippen molar-refractivity contribution in [3.8, 4) is 5.75 Å². The topological polar surface area (TPSA) is 49.3 Å². The first-order chi connectivity index (χ1) is 7.10. The van der Waals surface area contributed by atoms with Crippen LogP contribution in [0, 0.1) is 6.92 Å². The highest BCUT2D eigenvalue weighted by Crippen LogP contribution is 2.24. The molecule has 2 N–H and O–H groups in total. The van der Waals surface area contributed by atoms with Gasteiger partial charge in [0.15, 0.2) is 0 Å². The van der Waals surface area contributed by atoms with Crippen LogP contribution in [0.5, 0.6) is 5.75 Å². The molecule has 0 atom stereocenters. The molecule has 1 aromatic rings. The predicted molar refractivity (Wildman–Crippen MR) is 60.2 cm³/mol. The Bertz CT molecular complexity index is 372. The van der Waals surface area contributed by atoms with Crippen LogP contribution in [0.25, 0.3) is 0 Å². The monoisotopic (exact) mass is 207 g/mol. The second-order valence-corrected chi connectivity index (χ2v) is 3.53. The van der Waals surface area contributed by atoms with E-state index < -0.39 is 0 Å². The molecule has 0 bridgehead atoms. The number of aromatic hydroxyl groups is 1. The van der Waals surface area contributed by atoms with E-state index in [-0.39, 0.29) is 11.7 Å². The standard InChI is InChI=1S/C12H17NO2/c1-4-9-6-8(3)7-10(11(9)14)12(15)13-5-2/h6-7,14H,4-5H2,1-3H3,(H,13,15). The SMILES string of the molecule is CCNC(=O)c1cc(C)cc(CC)c1O. The molecule has 0 fully saturated rings. The zero-order valence-electron chi connectivity index (χ0n) is 9.42. The molecule has 1 rings (SSSR count). The number of benzene rings is 1. The average Bonchev–Trinajstić information content (AvgIpc) is 2.21. The number of hydrogen-bond acceptors (Lipinski definition) is 2. The van der Waals surface area contributed by atoms with Crippen LogP contribution in [-0.4, -0.2) is 17.6 Å². The molecule has 82 valence electrons. The number of phenolic OH excluding ortho intramolecular Hbond substituents is 1. The summed E-state index contributed by atoms with van der Waals surface area (Å²) in [4.78, 5) is 11.6. The Kier molecular flexibility index (Phi) is 3.72. The van der Waals surface area contributed by atoms with Crippen LogP contribution in [0.4, 0.5) is 0 Å². The van der Waals surface area contributed by atoms with Crippen molar-refractivity contribution in [1.82, 2.24) is 5.32 Å². The van der Waals surface area contributed by atoms with Gasteiger partial charge < -0.3 is 10.4 Å². The van der Waals surface area contributed by atoms with Gasteiger partial charge in [0.25, 0.3) is 5.91 Å². The first-order valence-electron chi connectivity index (χ1n) is 5.20. The van der Waals surface area contributed by atoms with Gasteiger partial charge in [0, 0.05) is 6.54 Å². The van der Waals surface area contributed by atoms with Gasteiger partial charge in [-0.3, -0.25) is 4.79 Å². The summed E-state index contributed by atoms with van der Waals surface area (Å²) in [5, 5.41) is 12.5. The first kappa shape index (κ1) is 11.6. The largest absolute Gasteiger partial charge is 0.507 e. The molecule has 0 aromatic heterocycles. The van der Waals surface area contributed by atoms with E-state index in [1.54, 1.807) is 6.07 Å². The van der Waals surface area contributed by atoms with Crippen molar-refractivity contribution in [2.24, 2.45) is 0 Å². The number of hydrogen-bond donors (Lipinski definition) is 2. The van der Waals surface area contributed by atoms with Crippen molar-refractivity contribution in [2.75, 3.05) is 6.54 Å². The van der Waals surface area contributed by atoms with Gasteiger partial charge in [0.05, 0.1) is 5.56 Å². The van der Waals surface area contributed by atoms with Crippen molar-refractivity contribution < 1.29 is 9.90 Å². The highest BCUT2D eigenvalue weighted by Gasteiger charge is 2.13. The Morgan fingerprint density at radius 3 is 2.60 bits per heavy atom. The molecule has 0 spiro atoms. The Labute approximate surface area is 90.1 Å². The van der Waals surface area contributed by atoms with E-state index in [0.717, 1.165) is 17.5 Å². The van der Waals surface area contributed by atoms with E-state index in [2.05, 4.69) is 5.32 Å². The van der Waals surface area contributed by atoms with Crippen LogP contribution < -0.4 is 5.32 Å². The molecule has 15 heavy (non-hydrogen) atoms. The number of phenols is 1. The molecule has 0 saturated carbocycles. The molecule has 3 nitrogen and oxygen atoms in total. The maximum absolute atomic E-state index is 11.6. The third-order valence-corrected chi connectivity index (χ3v) is 2.30. The quantitative estimate of drug-likeness (QED) is 0.796. The molecule has 0 unspecified atom stereocenters. The van der Waals surface area contributed by atoms with Crippen molar-refractivity contribution >= 4 is 5.91 Å². The van der Waals surface area contributed by atoms with Gasteiger partial charge in [0.1, 0.15) is 5.75 Å². The third-order valence-electron chi connectivity index (χ3n) is 2.30. The minimum absolute atomic E-state index is 0.106. The van der Waals surface area contributed by atoms with Crippen LogP contribution >= 0.6 is 0 Å². The van der Waals surface area contributed by atoms with Gasteiger partial charge in [-0.1, -0.05) is 13.0 Å². The van der Waals surface area contributed by atoms with Crippen LogP contribution in [0.15, 0.2) is 12.1 Å². The van der Waals surface area contributed by atoms with Crippen molar-refractivity contribution in [2.45, 2.75) is 27.2 Å². The molecule has 0 aliphatic carbocycles. The summed E-state index contributed by atoms with van der Waals surface area (Å²) in [5.41, 5.74) is 2.18. The lowest BCUT2D eigenvalue weighted by molar-refractivity contribution is 0.0953. The molecule has 0 heterocycles. The maximum Gasteiger partial charge on any atom is 0.255 e. The number of carbonyl (C=O) groups is 1. The number of rotatable bonds is 3. The van der Waals surface area contributed by atoms with Crippen LogP contribution in [0.3, 0.4) is 0 Å². The zero-order valence-corrected chi connectivity index (χ0v) is 9.42. The van der Waals surface area contributed by atoms with Crippen LogP contribution in [-0.2, 0) is 6.42 Å². The van der Waals surface area contributed by atoms with Crippen LogP contribution in [0.2, 0.25) is 0 Å².